The van der Waals surface area contributed by atoms with Gasteiger partial charge in [0, 0.05) is 26.3 Å². The molecule has 1 aromatic rings. The van der Waals surface area contributed by atoms with E-state index in [1.54, 1.807) is 0 Å². The standard InChI is InChI=1S/C14H23N3OS/c1-4-17(9-10-18)13(14(15)19)11-5-7-12(8-6-11)16(2)3/h5-8,13,18H,4,9-10H2,1-3H3,(H2,15,19). The lowest BCUT2D eigenvalue weighted by Gasteiger charge is -2.30. The average molecular weight is 281 g/mol. The molecule has 1 atom stereocenters. The molecule has 0 bridgehead atoms. The Balaban J connectivity index is 3.01. The monoisotopic (exact) mass is 281 g/mol. The van der Waals surface area contributed by atoms with Gasteiger partial charge in [-0.2, -0.15) is 0 Å². The minimum Gasteiger partial charge on any atom is -0.395 e. The number of aliphatic hydroxyl groups is 1. The van der Waals surface area contributed by atoms with Crippen molar-refractivity contribution in [2.24, 2.45) is 5.73 Å². The summed E-state index contributed by atoms with van der Waals surface area (Å²) in [6.07, 6.45) is 0. The molecule has 0 amide bonds. The van der Waals surface area contributed by atoms with E-state index in [1.807, 2.05) is 50.2 Å². The Morgan fingerprint density at radius 1 is 1.32 bits per heavy atom. The summed E-state index contributed by atoms with van der Waals surface area (Å²) in [6, 6.07) is 8.06. The van der Waals surface area contributed by atoms with Crippen molar-refractivity contribution < 1.29 is 5.11 Å². The van der Waals surface area contributed by atoms with Crippen LogP contribution in [0, 0.1) is 0 Å². The largest absolute Gasteiger partial charge is 0.395 e. The van der Waals surface area contributed by atoms with Crippen LogP contribution in [0.5, 0.6) is 0 Å². The number of nitrogens with zero attached hydrogens (tertiary/aromatic N) is 2. The highest BCUT2D eigenvalue weighted by molar-refractivity contribution is 7.80. The third kappa shape index (κ3) is 4.16. The van der Waals surface area contributed by atoms with Crippen molar-refractivity contribution in [2.75, 3.05) is 38.7 Å². The third-order valence-electron chi connectivity index (χ3n) is 3.15. The van der Waals surface area contributed by atoms with Gasteiger partial charge in [-0.1, -0.05) is 31.3 Å². The van der Waals surface area contributed by atoms with Crippen LogP contribution in [0.1, 0.15) is 18.5 Å². The first-order chi connectivity index (χ1) is 9.01. The summed E-state index contributed by atoms with van der Waals surface area (Å²) < 4.78 is 0. The molecule has 1 aromatic carbocycles. The van der Waals surface area contributed by atoms with E-state index in [0.717, 1.165) is 17.8 Å². The van der Waals surface area contributed by atoms with E-state index in [2.05, 4.69) is 4.90 Å². The van der Waals surface area contributed by atoms with E-state index >= 15 is 0 Å². The van der Waals surface area contributed by atoms with Crippen LogP contribution in [0.4, 0.5) is 5.69 Å². The molecule has 1 unspecified atom stereocenters. The maximum atomic E-state index is 9.13. The Labute approximate surface area is 120 Å². The second kappa shape index (κ2) is 7.43. The van der Waals surface area contributed by atoms with Gasteiger partial charge in [0.05, 0.1) is 17.6 Å². The van der Waals surface area contributed by atoms with Gasteiger partial charge in [0.15, 0.2) is 0 Å². The summed E-state index contributed by atoms with van der Waals surface area (Å²) in [6.45, 7) is 3.49. The number of benzene rings is 1. The predicted octanol–water partition coefficient (Wildman–Crippen LogP) is 1.39. The molecule has 4 nitrogen and oxygen atoms in total. The van der Waals surface area contributed by atoms with Gasteiger partial charge in [0.1, 0.15) is 0 Å². The van der Waals surface area contributed by atoms with Crippen LogP contribution in [0.3, 0.4) is 0 Å². The Morgan fingerprint density at radius 2 is 1.89 bits per heavy atom. The van der Waals surface area contributed by atoms with Crippen LogP contribution in [0.25, 0.3) is 0 Å². The molecule has 0 aromatic heterocycles. The Kier molecular flexibility index (Phi) is 6.21. The van der Waals surface area contributed by atoms with E-state index in [-0.39, 0.29) is 12.6 Å². The number of thiocarbonyl (C=S) groups is 1. The topological polar surface area (TPSA) is 52.7 Å². The summed E-state index contributed by atoms with van der Waals surface area (Å²) in [5.74, 6) is 0. The van der Waals surface area contributed by atoms with Crippen LogP contribution in [-0.4, -0.2) is 48.8 Å². The lowest BCUT2D eigenvalue weighted by molar-refractivity contribution is 0.185. The smallest absolute Gasteiger partial charge is 0.0948 e. The van der Waals surface area contributed by atoms with Crippen LogP contribution < -0.4 is 10.6 Å². The van der Waals surface area contributed by atoms with Crippen molar-refractivity contribution in [3.05, 3.63) is 29.8 Å². The van der Waals surface area contributed by atoms with Crippen LogP contribution in [-0.2, 0) is 0 Å². The van der Waals surface area contributed by atoms with E-state index in [9.17, 15) is 0 Å². The quantitative estimate of drug-likeness (QED) is 0.740. The minimum absolute atomic E-state index is 0.0999. The van der Waals surface area contributed by atoms with E-state index in [4.69, 9.17) is 23.1 Å². The van der Waals surface area contributed by atoms with E-state index in [1.165, 1.54) is 0 Å². The van der Waals surface area contributed by atoms with Gasteiger partial charge in [-0.3, -0.25) is 4.90 Å². The molecule has 0 aliphatic rings. The summed E-state index contributed by atoms with van der Waals surface area (Å²) in [7, 11) is 4.01. The summed E-state index contributed by atoms with van der Waals surface area (Å²) in [5, 5.41) is 9.13. The fourth-order valence-electron chi connectivity index (χ4n) is 2.11. The number of nitrogens with two attached hydrogens (primary N) is 1. The van der Waals surface area contributed by atoms with Gasteiger partial charge in [0.25, 0.3) is 0 Å². The lowest BCUT2D eigenvalue weighted by Crippen LogP contribution is -2.38. The minimum atomic E-state index is -0.122. The van der Waals surface area contributed by atoms with Gasteiger partial charge in [0.2, 0.25) is 0 Å². The molecule has 106 valence electrons. The Hall–Kier alpha value is -1.17. The number of likely N-dealkylation sites (N-methyl/N-ethyl adjacent to an activating group) is 1. The number of aliphatic hydroxyl groups excluding tert-OH is 1. The second-order valence-corrected chi connectivity index (χ2v) is 5.11. The average Bonchev–Trinajstić information content (AvgIpc) is 2.38. The molecule has 0 radical (unpaired) electrons. The number of hydrogen-bond donors (Lipinski definition) is 2. The molecule has 0 spiro atoms. The van der Waals surface area contributed by atoms with E-state index < -0.39 is 0 Å². The molecular formula is C14H23N3OS. The van der Waals surface area contributed by atoms with Crippen LogP contribution in [0.15, 0.2) is 24.3 Å². The van der Waals surface area contributed by atoms with Crippen molar-refractivity contribution in [1.29, 1.82) is 0 Å². The van der Waals surface area contributed by atoms with Crippen LogP contribution in [0.2, 0.25) is 0 Å². The molecule has 0 heterocycles. The molecule has 0 saturated carbocycles. The lowest BCUT2D eigenvalue weighted by atomic mass is 10.0. The Bertz CT molecular complexity index is 406. The van der Waals surface area contributed by atoms with Gasteiger partial charge < -0.3 is 15.7 Å². The van der Waals surface area contributed by atoms with Gasteiger partial charge in [-0.05, 0) is 24.2 Å². The normalized spacial score (nSPS) is 12.5. The van der Waals surface area contributed by atoms with Crippen molar-refractivity contribution in [3.8, 4) is 0 Å². The maximum Gasteiger partial charge on any atom is 0.0948 e. The predicted molar refractivity (Wildman–Crippen MR) is 84.6 cm³/mol. The zero-order valence-corrected chi connectivity index (χ0v) is 12.7. The van der Waals surface area contributed by atoms with Gasteiger partial charge in [-0.25, -0.2) is 0 Å². The zero-order chi connectivity index (χ0) is 14.4. The van der Waals surface area contributed by atoms with E-state index in [0.29, 0.717) is 11.5 Å². The highest BCUT2D eigenvalue weighted by atomic mass is 32.1. The molecule has 5 heteroatoms. The summed E-state index contributed by atoms with van der Waals surface area (Å²) >= 11 is 5.18. The molecule has 3 N–H and O–H groups in total. The van der Waals surface area contributed by atoms with Gasteiger partial charge in [-0.15, -0.1) is 0 Å². The van der Waals surface area contributed by atoms with Crippen molar-refractivity contribution in [2.45, 2.75) is 13.0 Å². The fraction of sp³-hybridized carbons (Fsp3) is 0.500. The molecule has 0 aliphatic carbocycles. The first-order valence-electron chi connectivity index (χ1n) is 6.42. The molecule has 0 aliphatic heterocycles. The maximum absolute atomic E-state index is 9.13. The van der Waals surface area contributed by atoms with Crippen molar-refractivity contribution in [3.63, 3.8) is 0 Å². The zero-order valence-electron chi connectivity index (χ0n) is 11.8. The molecule has 0 saturated heterocycles. The summed E-state index contributed by atoms with van der Waals surface area (Å²) in [5.41, 5.74) is 8.07. The van der Waals surface area contributed by atoms with Gasteiger partial charge >= 0.3 is 0 Å². The SMILES string of the molecule is CCN(CCO)C(C(N)=S)c1ccc(N(C)C)cc1. The van der Waals surface area contributed by atoms with Crippen molar-refractivity contribution in [1.82, 2.24) is 4.90 Å². The third-order valence-corrected chi connectivity index (χ3v) is 3.38. The summed E-state index contributed by atoms with van der Waals surface area (Å²) in [4.78, 5) is 4.56. The Morgan fingerprint density at radius 3 is 2.26 bits per heavy atom. The molecule has 1 rings (SSSR count). The first kappa shape index (κ1) is 15.9. The number of rotatable bonds is 7. The number of hydrogen-bond acceptors (Lipinski definition) is 4. The number of anilines is 1. The molecule has 0 fully saturated rings. The first-order valence-corrected chi connectivity index (χ1v) is 6.83. The highest BCUT2D eigenvalue weighted by Crippen LogP contribution is 2.23. The fourth-order valence-corrected chi connectivity index (χ4v) is 2.39. The molecular weight excluding hydrogens is 258 g/mol. The van der Waals surface area contributed by atoms with Crippen LogP contribution >= 0.6 is 12.2 Å². The molecule has 19 heavy (non-hydrogen) atoms. The van der Waals surface area contributed by atoms with Crippen molar-refractivity contribution >= 4 is 22.9 Å². The second-order valence-electron chi connectivity index (χ2n) is 4.64. The highest BCUT2D eigenvalue weighted by Gasteiger charge is 2.21.